The molecule has 1 aliphatic carbocycles. The first-order valence-electron chi connectivity index (χ1n) is 46.3. The number of hydrogen-bond acceptors (Lipinski definition) is 16. The highest BCUT2D eigenvalue weighted by Gasteiger charge is 2.46. The van der Waals surface area contributed by atoms with Crippen LogP contribution < -0.4 is 51.8 Å². The van der Waals surface area contributed by atoms with Crippen LogP contribution in [0.1, 0.15) is 208 Å². The Morgan fingerprint density at radius 3 is 1.45 bits per heavy atom. The van der Waals surface area contributed by atoms with Crippen LogP contribution >= 0.6 is 0 Å². The number of rotatable bonds is 28. The molecule has 3 aromatic carbocycles. The molecule has 2 aliphatic heterocycles. The zero-order valence-corrected chi connectivity index (χ0v) is 82.5. The van der Waals surface area contributed by atoms with E-state index in [4.69, 9.17) is 4.42 Å². The number of nitrogens with zero attached hydrogens (tertiary/aromatic N) is 9. The van der Waals surface area contributed by atoms with Gasteiger partial charge in [-0.3, -0.25) is 62.3 Å². The maximum Gasteiger partial charge on any atom is 0.251 e. The zero-order chi connectivity index (χ0) is 97.5. The Balaban J connectivity index is 1.32. The highest BCUT2D eigenvalue weighted by molar-refractivity contribution is 6.05. The Labute approximate surface area is 771 Å². The van der Waals surface area contributed by atoms with Gasteiger partial charge in [0, 0.05) is 128 Å². The fraction of sp³-hybridized carbons (Fsp3) is 0.600. The van der Waals surface area contributed by atoms with Gasteiger partial charge in [-0.2, -0.15) is 0 Å². The molecule has 0 bridgehead atoms. The van der Waals surface area contributed by atoms with Crippen molar-refractivity contribution in [2.24, 2.45) is 41.4 Å². The number of unbranched alkanes of at least 4 members (excludes halogenated alkanes) is 3. The lowest BCUT2D eigenvalue weighted by atomic mass is 9.91. The van der Waals surface area contributed by atoms with Gasteiger partial charge >= 0.3 is 0 Å². The van der Waals surface area contributed by atoms with Crippen molar-refractivity contribution in [3.05, 3.63) is 119 Å². The normalized spacial score (nSPS) is 22.1. The van der Waals surface area contributed by atoms with E-state index in [1.165, 1.54) is 92.6 Å². The molecule has 0 saturated carbocycles. The Hall–Kier alpha value is -11.0. The van der Waals surface area contributed by atoms with E-state index in [1.807, 2.05) is 129 Å². The number of benzene rings is 4. The van der Waals surface area contributed by atoms with Gasteiger partial charge in [0.25, 0.3) is 11.8 Å². The van der Waals surface area contributed by atoms with Crippen LogP contribution in [0.2, 0.25) is 0 Å². The van der Waals surface area contributed by atoms with E-state index in [0.29, 0.717) is 42.6 Å². The smallest absolute Gasteiger partial charge is 0.251 e. The largest absolute Gasteiger partial charge is 0.850 e. The topological polar surface area (TPSA) is 359 Å². The summed E-state index contributed by atoms with van der Waals surface area (Å²) in [5, 5.41) is 34.4. The number of anilines is 1. The molecule has 6 N–H and O–H groups in total. The second-order valence-electron chi connectivity index (χ2n) is 38.3. The van der Waals surface area contributed by atoms with Crippen LogP contribution in [-0.4, -0.2) is 274 Å². The molecule has 1 saturated heterocycles. The van der Waals surface area contributed by atoms with E-state index in [9.17, 15) is 24.0 Å². The Bertz CT molecular complexity index is 4800. The van der Waals surface area contributed by atoms with Gasteiger partial charge in [0.2, 0.25) is 70.3 Å². The van der Waals surface area contributed by atoms with Gasteiger partial charge in [0.05, 0.1) is 12.1 Å². The third kappa shape index (κ3) is 28.2. The SMILES string of the molecule is C/C=C/C[C@@H](C)[C@@H]([O-])[C@H]1C(=O)N[C@@H](CC)C(=O)N(C)C(Cc2ccc(C(=O)NCCCCCCNC(=O)c3ccc(-c4c5ccc(=[N+](C)C)cc-5oc5cc(N(C)C)ccc45)cc3)cc2)C(=O)N(C)[C@@H](CC(C)C)C(=O)N[C@@H](C(C)C)C(=O)N(C)[C@@H](CC(C)C)C(=O)N[C@@H](C)C(=O)N[C@H](C)C(=O)N(C)[C@@H](CC(C)C)C(=O)N(C)[C@@H](CC(C)C)C(=O)N(C)[C@@H](C(C)C)C(=O)N1C. The molecule has 2 heterocycles. The molecule has 0 aromatic heterocycles. The maximum absolute atomic E-state index is 15.9. The Morgan fingerprint density at radius 2 is 0.954 bits per heavy atom. The van der Waals surface area contributed by atoms with E-state index in [0.717, 1.165) is 62.2 Å². The molecule has 3 aromatic rings. The molecule has 1 unspecified atom stereocenters. The van der Waals surface area contributed by atoms with Crippen molar-refractivity contribution < 1.29 is 71.9 Å². The third-order valence-corrected chi connectivity index (χ3v) is 24.8. The highest BCUT2D eigenvalue weighted by Crippen LogP contribution is 2.41. The standard InChI is InChI=1S/C100H151N15O15/c1-29-31-36-64(15)87(116)86-93(122)105-75(30-2)95(124)112(25)80(55-67-37-39-69(40-38-67)89(118)101-49-34-32-33-35-50-102-90(119)70-43-41-68(42-44-70)83-73-47-45-71(107(18)19)56-81(73)130-82-57-72(108(20)21)46-48-74(82)83)97(126)109(22)77(52-59(5)6)92(121)106-84(62(11)12)99(128)110(23)76(51-58(3)4)91(120)103-65(16)88(117)104-66(17)94(123)111(24)78(53-60(7)8)96(125)113(26)79(54-61(9)10)98(127)114(27)85(63(13)14)100(129)115(86)28/h29,31,37-48,56-66,75-80,84-87H,30,32-36,49-55H2,1-28H3,(H,101,118)(H,102,119)(H,103,120)(H,104,117)(H,105,122)(H,106,121)/b31-29+/t64-,65+,66-,75+,76+,77+,78+,79+,80?,84+,85+,86+,87-/m1/s1. The summed E-state index contributed by atoms with van der Waals surface area (Å²) in [4.78, 5) is 205. The van der Waals surface area contributed by atoms with E-state index >= 15 is 43.5 Å². The molecular weight excluding hydrogens is 1650 g/mol. The third-order valence-electron chi connectivity index (χ3n) is 24.8. The summed E-state index contributed by atoms with van der Waals surface area (Å²) >= 11 is 0. The van der Waals surface area contributed by atoms with E-state index in [1.54, 1.807) is 84.9 Å². The fourth-order valence-corrected chi connectivity index (χ4v) is 16.8. The monoisotopic (exact) mass is 1800 g/mol. The molecule has 1 fully saturated rings. The first kappa shape index (κ1) is 108. The van der Waals surface area contributed by atoms with Gasteiger partial charge in [0.15, 0.2) is 0 Å². The van der Waals surface area contributed by atoms with Crippen LogP contribution in [-0.2, 0) is 59.2 Å². The highest BCUT2D eigenvalue weighted by atomic mass is 16.3. The van der Waals surface area contributed by atoms with Crippen molar-refractivity contribution in [3.8, 4) is 22.5 Å². The van der Waals surface area contributed by atoms with Gasteiger partial charge in [-0.1, -0.05) is 158 Å². The number of hydrogen-bond donors (Lipinski definition) is 6. The van der Waals surface area contributed by atoms with Crippen molar-refractivity contribution in [2.45, 2.75) is 261 Å². The van der Waals surface area contributed by atoms with Gasteiger partial charge in [0.1, 0.15) is 85.9 Å². The van der Waals surface area contributed by atoms with Gasteiger partial charge in [-0.25, -0.2) is 4.58 Å². The molecule has 130 heavy (non-hydrogen) atoms. The number of amides is 13. The Kier molecular flexibility index (Phi) is 40.8. The number of nitrogens with one attached hydrogen (secondary N) is 6. The first-order valence-corrected chi connectivity index (χ1v) is 46.3. The molecular formula is C100H151N15O15. The van der Waals surface area contributed by atoms with Crippen molar-refractivity contribution in [1.82, 2.24) is 70.8 Å². The zero-order valence-electron chi connectivity index (χ0n) is 82.5. The average Bonchev–Trinajstić information content (AvgIpc) is 0.747. The summed E-state index contributed by atoms with van der Waals surface area (Å²) in [5.74, 6) is -10.9. The van der Waals surface area contributed by atoms with Gasteiger partial charge in [-0.05, 0) is 161 Å². The van der Waals surface area contributed by atoms with Crippen LogP contribution in [0, 0.1) is 41.4 Å². The summed E-state index contributed by atoms with van der Waals surface area (Å²) in [6.07, 6.45) is 4.80. The van der Waals surface area contributed by atoms with Crippen molar-refractivity contribution in [2.75, 3.05) is 95.5 Å². The molecule has 13 atom stereocenters. The van der Waals surface area contributed by atoms with Crippen LogP contribution in [0.5, 0.6) is 0 Å². The maximum atomic E-state index is 15.9. The quantitative estimate of drug-likeness (QED) is 0.0118. The van der Waals surface area contributed by atoms with Gasteiger partial charge < -0.3 is 80.6 Å². The van der Waals surface area contributed by atoms with E-state index < -0.39 is 155 Å². The minimum atomic E-state index is -1.84. The fourth-order valence-electron chi connectivity index (χ4n) is 16.8. The minimum absolute atomic E-state index is 0.0457. The summed E-state index contributed by atoms with van der Waals surface area (Å²) in [6.45, 7) is 30.4. The van der Waals surface area contributed by atoms with Gasteiger partial charge in [-0.15, -0.1) is 0 Å². The lowest BCUT2D eigenvalue weighted by Crippen LogP contribution is -2.66. The minimum Gasteiger partial charge on any atom is -0.850 e. The Morgan fingerprint density at radius 1 is 0.492 bits per heavy atom. The molecule has 716 valence electrons. The lowest BCUT2D eigenvalue weighted by Gasteiger charge is -2.44. The molecule has 30 nitrogen and oxygen atoms in total. The number of allylic oxidation sites excluding steroid dienone is 2. The summed E-state index contributed by atoms with van der Waals surface area (Å²) in [7, 11) is 17.8. The molecule has 0 spiro atoms. The summed E-state index contributed by atoms with van der Waals surface area (Å²) in [5.41, 5.74) is 5.95. The second kappa shape index (κ2) is 49.3. The van der Waals surface area contributed by atoms with E-state index in [2.05, 4.69) is 56.2 Å². The second-order valence-corrected chi connectivity index (χ2v) is 38.3. The predicted molar refractivity (Wildman–Crippen MR) is 508 cm³/mol. The number of fused-ring (bicyclic) bond motifs is 2. The average molecular weight is 1800 g/mol. The number of carbonyl (C=O) groups excluding carboxylic acids is 13. The van der Waals surface area contributed by atoms with Crippen molar-refractivity contribution in [3.63, 3.8) is 0 Å². The molecule has 13 amide bonds. The lowest BCUT2D eigenvalue weighted by molar-refractivity contribution is -0.439. The summed E-state index contributed by atoms with van der Waals surface area (Å²) in [6, 6.07) is 11.6. The van der Waals surface area contributed by atoms with E-state index in [-0.39, 0.29) is 80.4 Å². The molecule has 30 heteroatoms. The van der Waals surface area contributed by atoms with Crippen LogP contribution in [0.3, 0.4) is 0 Å². The molecule has 0 radical (unpaired) electrons. The van der Waals surface area contributed by atoms with Crippen molar-refractivity contribution >= 4 is 93.4 Å². The predicted octanol–water partition coefficient (Wildman–Crippen LogP) is 8.58. The number of carbonyl (C=O) groups is 13. The summed E-state index contributed by atoms with van der Waals surface area (Å²) < 4.78 is 8.55. The van der Waals surface area contributed by atoms with Crippen LogP contribution in [0.15, 0.2) is 101 Å². The molecule has 3 aliphatic rings. The van der Waals surface area contributed by atoms with Crippen LogP contribution in [0.25, 0.3) is 33.4 Å². The number of likely N-dealkylation sites (N-methyl/N-ethyl adjacent to an activating group) is 7. The molecule has 6 rings (SSSR count). The van der Waals surface area contributed by atoms with Crippen molar-refractivity contribution in [1.29, 1.82) is 0 Å². The first-order chi connectivity index (χ1) is 61.0. The van der Waals surface area contributed by atoms with Crippen LogP contribution in [0.4, 0.5) is 5.69 Å².